The summed E-state index contributed by atoms with van der Waals surface area (Å²) in [4.78, 5) is 28.4. The van der Waals surface area contributed by atoms with E-state index in [2.05, 4.69) is 10.3 Å². The van der Waals surface area contributed by atoms with Gasteiger partial charge in [-0.2, -0.15) is 0 Å². The van der Waals surface area contributed by atoms with Gasteiger partial charge in [0.25, 0.3) is 5.91 Å². The fourth-order valence-electron chi connectivity index (χ4n) is 1.76. The minimum absolute atomic E-state index is 0.0541. The molecule has 1 fully saturated rings. The van der Waals surface area contributed by atoms with E-state index < -0.39 is 17.8 Å². The Kier molecular flexibility index (Phi) is 3.03. The summed E-state index contributed by atoms with van der Waals surface area (Å²) in [6, 6.07) is 0.737. The van der Waals surface area contributed by atoms with Crippen LogP contribution in [0.2, 0.25) is 0 Å². The van der Waals surface area contributed by atoms with Crippen molar-refractivity contribution in [1.82, 2.24) is 15.2 Å². The fourth-order valence-corrected chi connectivity index (χ4v) is 1.76. The predicted octanol–water partition coefficient (Wildman–Crippen LogP) is 0.181. The molecule has 1 N–H and O–H groups in total. The molecule has 1 aromatic rings. The first-order valence-electron chi connectivity index (χ1n) is 5.29. The van der Waals surface area contributed by atoms with Crippen molar-refractivity contribution in [3.8, 4) is 0 Å². The van der Waals surface area contributed by atoms with Crippen LogP contribution in [0, 0.1) is 5.82 Å². The molecule has 1 unspecified atom stereocenters. The van der Waals surface area contributed by atoms with E-state index >= 15 is 0 Å². The third kappa shape index (κ3) is 2.11. The van der Waals surface area contributed by atoms with Crippen LogP contribution in [-0.4, -0.2) is 40.8 Å². The second-order valence-corrected chi connectivity index (χ2v) is 3.82. The Balaban J connectivity index is 2.26. The van der Waals surface area contributed by atoms with Crippen molar-refractivity contribution in [2.75, 3.05) is 13.1 Å². The Morgan fingerprint density at radius 2 is 2.41 bits per heavy atom. The summed E-state index contributed by atoms with van der Waals surface area (Å²) < 4.78 is 13.4. The first kappa shape index (κ1) is 11.5. The first-order valence-corrected chi connectivity index (χ1v) is 5.29. The number of rotatable bonds is 1. The average Bonchev–Trinajstić information content (AvgIpc) is 2.32. The van der Waals surface area contributed by atoms with Crippen molar-refractivity contribution in [3.63, 3.8) is 0 Å². The molecular weight excluding hydrogens is 225 g/mol. The number of pyridine rings is 1. The number of hydrogen-bond acceptors (Lipinski definition) is 3. The summed E-state index contributed by atoms with van der Waals surface area (Å²) in [6.45, 7) is 2.39. The highest BCUT2D eigenvalue weighted by Crippen LogP contribution is 2.13. The van der Waals surface area contributed by atoms with Gasteiger partial charge in [0.1, 0.15) is 6.04 Å². The molecule has 1 atom stereocenters. The summed E-state index contributed by atoms with van der Waals surface area (Å²) in [6.07, 6.45) is 2.34. The van der Waals surface area contributed by atoms with E-state index in [1.807, 2.05) is 0 Å². The average molecular weight is 237 g/mol. The highest BCUT2D eigenvalue weighted by atomic mass is 19.1. The summed E-state index contributed by atoms with van der Waals surface area (Å²) >= 11 is 0. The lowest BCUT2D eigenvalue weighted by atomic mass is 10.1. The van der Waals surface area contributed by atoms with Crippen LogP contribution in [0.25, 0.3) is 0 Å². The van der Waals surface area contributed by atoms with Gasteiger partial charge in [0.2, 0.25) is 5.91 Å². The number of nitrogens with one attached hydrogen (secondary N) is 1. The van der Waals surface area contributed by atoms with Crippen LogP contribution >= 0.6 is 0 Å². The van der Waals surface area contributed by atoms with E-state index in [-0.39, 0.29) is 11.5 Å². The van der Waals surface area contributed by atoms with Gasteiger partial charge in [-0.3, -0.25) is 14.6 Å². The second-order valence-electron chi connectivity index (χ2n) is 3.82. The third-order valence-corrected chi connectivity index (χ3v) is 2.76. The van der Waals surface area contributed by atoms with Crippen LogP contribution in [0.15, 0.2) is 18.5 Å². The van der Waals surface area contributed by atoms with Crippen LogP contribution in [0.5, 0.6) is 0 Å². The van der Waals surface area contributed by atoms with Crippen LogP contribution in [0.4, 0.5) is 4.39 Å². The van der Waals surface area contributed by atoms with Crippen LogP contribution in [0.1, 0.15) is 17.3 Å². The van der Waals surface area contributed by atoms with Crippen molar-refractivity contribution in [2.24, 2.45) is 0 Å². The molecule has 17 heavy (non-hydrogen) atoms. The molecule has 1 saturated heterocycles. The zero-order valence-corrected chi connectivity index (χ0v) is 9.31. The Morgan fingerprint density at radius 1 is 1.65 bits per heavy atom. The van der Waals surface area contributed by atoms with Crippen molar-refractivity contribution in [1.29, 1.82) is 0 Å². The van der Waals surface area contributed by atoms with Crippen molar-refractivity contribution < 1.29 is 14.0 Å². The molecular formula is C11H12FN3O2. The fraction of sp³-hybridized carbons (Fsp3) is 0.364. The van der Waals surface area contributed by atoms with E-state index in [1.54, 1.807) is 6.92 Å². The van der Waals surface area contributed by atoms with E-state index in [9.17, 15) is 14.0 Å². The van der Waals surface area contributed by atoms with E-state index in [0.29, 0.717) is 13.1 Å². The summed E-state index contributed by atoms with van der Waals surface area (Å²) in [7, 11) is 0. The van der Waals surface area contributed by atoms with Gasteiger partial charge in [-0.15, -0.1) is 0 Å². The largest absolute Gasteiger partial charge is 0.353 e. The predicted molar refractivity (Wildman–Crippen MR) is 57.7 cm³/mol. The molecule has 6 heteroatoms. The lowest BCUT2D eigenvalue weighted by molar-refractivity contribution is -0.127. The number of halogens is 1. The molecule has 1 aliphatic rings. The van der Waals surface area contributed by atoms with Crippen molar-refractivity contribution >= 4 is 11.8 Å². The minimum atomic E-state index is -0.671. The van der Waals surface area contributed by atoms with E-state index in [4.69, 9.17) is 0 Å². The smallest absolute Gasteiger partial charge is 0.257 e. The van der Waals surface area contributed by atoms with Crippen molar-refractivity contribution in [3.05, 3.63) is 29.8 Å². The summed E-state index contributed by atoms with van der Waals surface area (Å²) in [5, 5.41) is 2.64. The Bertz CT molecular complexity index is 464. The zero-order chi connectivity index (χ0) is 12.4. The maximum Gasteiger partial charge on any atom is 0.257 e. The van der Waals surface area contributed by atoms with Crippen LogP contribution < -0.4 is 5.32 Å². The lowest BCUT2D eigenvalue weighted by Crippen LogP contribution is -2.55. The number of aromatic nitrogens is 1. The normalized spacial score (nSPS) is 20.0. The third-order valence-electron chi connectivity index (χ3n) is 2.76. The van der Waals surface area contributed by atoms with Crippen LogP contribution in [0.3, 0.4) is 0 Å². The maximum atomic E-state index is 13.4. The second kappa shape index (κ2) is 4.48. The van der Waals surface area contributed by atoms with Gasteiger partial charge in [0, 0.05) is 19.3 Å². The number of piperazine rings is 1. The highest BCUT2D eigenvalue weighted by molar-refractivity contribution is 5.98. The van der Waals surface area contributed by atoms with Crippen LogP contribution in [-0.2, 0) is 4.79 Å². The van der Waals surface area contributed by atoms with Gasteiger partial charge in [-0.05, 0) is 13.0 Å². The Morgan fingerprint density at radius 3 is 3.12 bits per heavy atom. The van der Waals surface area contributed by atoms with Gasteiger partial charge in [0.05, 0.1) is 11.8 Å². The molecule has 2 amide bonds. The molecule has 1 aliphatic heterocycles. The number of nitrogens with zero attached hydrogens (tertiary/aromatic N) is 2. The molecule has 0 aliphatic carbocycles. The Labute approximate surface area is 97.6 Å². The minimum Gasteiger partial charge on any atom is -0.353 e. The quantitative estimate of drug-likeness (QED) is 0.758. The van der Waals surface area contributed by atoms with Crippen molar-refractivity contribution in [2.45, 2.75) is 13.0 Å². The van der Waals surface area contributed by atoms with Gasteiger partial charge < -0.3 is 10.2 Å². The molecule has 0 radical (unpaired) electrons. The SMILES string of the molecule is CC1C(=O)NCCN1C(=O)c1ccncc1F. The van der Waals surface area contributed by atoms with Gasteiger partial charge in [0.15, 0.2) is 5.82 Å². The van der Waals surface area contributed by atoms with Gasteiger partial charge in [-0.25, -0.2) is 4.39 Å². The highest BCUT2D eigenvalue weighted by Gasteiger charge is 2.30. The number of amides is 2. The zero-order valence-electron chi connectivity index (χ0n) is 9.31. The molecule has 0 aromatic carbocycles. The standard InChI is InChI=1S/C11H12FN3O2/c1-7-10(16)14-4-5-15(7)11(17)8-2-3-13-6-9(8)12/h2-3,6-7H,4-5H2,1H3,(H,14,16). The summed E-state index contributed by atoms with van der Waals surface area (Å²) in [5.74, 6) is -1.37. The van der Waals surface area contributed by atoms with Gasteiger partial charge >= 0.3 is 0 Å². The number of carbonyl (C=O) groups excluding carboxylic acids is 2. The molecule has 90 valence electrons. The molecule has 2 rings (SSSR count). The van der Waals surface area contributed by atoms with Gasteiger partial charge in [-0.1, -0.05) is 0 Å². The molecule has 1 aromatic heterocycles. The molecule has 0 saturated carbocycles. The maximum absolute atomic E-state index is 13.4. The molecule has 5 nitrogen and oxygen atoms in total. The Hall–Kier alpha value is -1.98. The molecule has 0 spiro atoms. The monoisotopic (exact) mass is 237 g/mol. The van der Waals surface area contributed by atoms with E-state index in [0.717, 1.165) is 6.20 Å². The topological polar surface area (TPSA) is 62.3 Å². The number of hydrogen-bond donors (Lipinski definition) is 1. The first-order chi connectivity index (χ1) is 8.11. The molecule has 0 bridgehead atoms. The number of carbonyl (C=O) groups is 2. The van der Waals surface area contributed by atoms with E-state index in [1.165, 1.54) is 17.2 Å². The summed E-state index contributed by atoms with van der Waals surface area (Å²) in [5.41, 5.74) is -0.0541. The molecule has 2 heterocycles. The lowest BCUT2D eigenvalue weighted by Gasteiger charge is -2.32.